The normalized spacial score (nSPS) is 17.9. The molecule has 0 amide bonds. The van der Waals surface area contributed by atoms with Gasteiger partial charge in [-0.1, -0.05) is 18.2 Å². The van der Waals surface area contributed by atoms with Crippen molar-refractivity contribution in [2.24, 2.45) is 0 Å². The number of hydrogen-bond acceptors (Lipinski definition) is 0. The Hall–Kier alpha value is -1.07. The Bertz CT molecular complexity index is 384. The van der Waals surface area contributed by atoms with Gasteiger partial charge in [0, 0.05) is 6.42 Å². The first-order valence-electron chi connectivity index (χ1n) is 6.38. The number of piperazine rings is 1. The van der Waals surface area contributed by atoms with Crippen molar-refractivity contribution in [2.45, 2.75) is 12.6 Å². The van der Waals surface area contributed by atoms with Crippen LogP contribution in [0, 0.1) is 0 Å². The summed E-state index contributed by atoms with van der Waals surface area (Å²) in [5.41, 5.74) is -0.0555. The summed E-state index contributed by atoms with van der Waals surface area (Å²) in [4.78, 5) is 1.41. The summed E-state index contributed by atoms with van der Waals surface area (Å²) in [6, 6.07) is 5.91. The number of alkyl halides is 3. The predicted octanol–water partition coefficient (Wildman–Crippen LogP) is -0.290. The van der Waals surface area contributed by atoms with Gasteiger partial charge in [0.15, 0.2) is 0 Å². The van der Waals surface area contributed by atoms with Crippen LogP contribution in [0.3, 0.4) is 0 Å². The van der Waals surface area contributed by atoms with E-state index >= 15 is 0 Å². The van der Waals surface area contributed by atoms with Crippen molar-refractivity contribution in [3.63, 3.8) is 0 Å². The van der Waals surface area contributed by atoms with Crippen molar-refractivity contribution in [1.29, 1.82) is 0 Å². The summed E-state index contributed by atoms with van der Waals surface area (Å²) in [6.07, 6.45) is -3.73. The number of benzene rings is 1. The molecule has 1 aliphatic heterocycles. The fourth-order valence-corrected chi connectivity index (χ4v) is 2.46. The minimum Gasteiger partial charge on any atom is -0.337 e. The molecule has 2 nitrogen and oxygen atoms in total. The molecule has 0 radical (unpaired) electrons. The molecule has 18 heavy (non-hydrogen) atoms. The number of nitrogens with two attached hydrogens (primary N) is 1. The van der Waals surface area contributed by atoms with Crippen LogP contribution in [0.4, 0.5) is 13.2 Å². The quantitative estimate of drug-likeness (QED) is 0.745. The van der Waals surface area contributed by atoms with Crippen molar-refractivity contribution < 1.29 is 23.4 Å². The molecule has 2 rings (SSSR count). The number of nitrogens with one attached hydrogen (secondary N) is 1. The summed E-state index contributed by atoms with van der Waals surface area (Å²) < 4.78 is 38.4. The van der Waals surface area contributed by atoms with Crippen molar-refractivity contribution >= 4 is 0 Å². The Balaban J connectivity index is 2.00. The second-order valence-electron chi connectivity index (χ2n) is 4.77. The Labute approximate surface area is 105 Å². The zero-order valence-electron chi connectivity index (χ0n) is 10.3. The summed E-state index contributed by atoms with van der Waals surface area (Å²) in [6.45, 7) is 5.05. The third kappa shape index (κ3) is 3.46. The maximum atomic E-state index is 12.8. The highest BCUT2D eigenvalue weighted by atomic mass is 19.4. The molecule has 1 aromatic rings. The lowest BCUT2D eigenvalue weighted by molar-refractivity contribution is -0.946. The van der Waals surface area contributed by atoms with Crippen molar-refractivity contribution in [2.75, 3.05) is 32.7 Å². The highest BCUT2D eigenvalue weighted by Gasteiger charge is 2.33. The largest absolute Gasteiger partial charge is 0.416 e. The summed E-state index contributed by atoms with van der Waals surface area (Å²) >= 11 is 0. The van der Waals surface area contributed by atoms with Gasteiger partial charge in [-0.3, -0.25) is 0 Å². The molecule has 5 heteroatoms. The van der Waals surface area contributed by atoms with Crippen molar-refractivity contribution in [1.82, 2.24) is 0 Å². The van der Waals surface area contributed by atoms with Crippen LogP contribution in [-0.4, -0.2) is 32.7 Å². The fraction of sp³-hybridized carbons (Fsp3) is 0.538. The first-order valence-corrected chi connectivity index (χ1v) is 6.38. The van der Waals surface area contributed by atoms with E-state index in [9.17, 15) is 13.2 Å². The van der Waals surface area contributed by atoms with Crippen LogP contribution in [0.15, 0.2) is 24.3 Å². The molecule has 1 fully saturated rings. The lowest BCUT2D eigenvalue weighted by Gasteiger charge is -2.22. The van der Waals surface area contributed by atoms with Crippen LogP contribution >= 0.6 is 0 Å². The van der Waals surface area contributed by atoms with Crippen LogP contribution in [0.5, 0.6) is 0 Å². The average Bonchev–Trinajstić information content (AvgIpc) is 2.37. The molecule has 1 aromatic carbocycles. The van der Waals surface area contributed by atoms with E-state index < -0.39 is 11.7 Å². The fourth-order valence-electron chi connectivity index (χ4n) is 2.46. The van der Waals surface area contributed by atoms with E-state index in [1.165, 1.54) is 17.0 Å². The number of rotatable bonds is 3. The predicted molar refractivity (Wildman–Crippen MR) is 62.4 cm³/mol. The molecular weight excluding hydrogens is 241 g/mol. The molecule has 3 N–H and O–H groups in total. The Morgan fingerprint density at radius 1 is 1.11 bits per heavy atom. The molecule has 0 aromatic heterocycles. The van der Waals surface area contributed by atoms with Crippen LogP contribution in [0.25, 0.3) is 0 Å². The molecule has 0 atom stereocenters. The average molecular weight is 260 g/mol. The highest BCUT2D eigenvalue weighted by molar-refractivity contribution is 5.29. The molecule has 1 saturated heterocycles. The van der Waals surface area contributed by atoms with Gasteiger partial charge in [-0.15, -0.1) is 0 Å². The number of hydrogen-bond donors (Lipinski definition) is 2. The van der Waals surface area contributed by atoms with E-state index in [0.29, 0.717) is 12.0 Å². The first kappa shape index (κ1) is 13.4. The highest BCUT2D eigenvalue weighted by Crippen LogP contribution is 2.31. The summed E-state index contributed by atoms with van der Waals surface area (Å²) in [7, 11) is 0. The zero-order chi connectivity index (χ0) is 13.0. The van der Waals surface area contributed by atoms with Gasteiger partial charge in [0.1, 0.15) is 26.2 Å². The lowest BCUT2D eigenvalue weighted by atomic mass is 10.0. The van der Waals surface area contributed by atoms with Gasteiger partial charge in [0.2, 0.25) is 0 Å². The van der Waals surface area contributed by atoms with Gasteiger partial charge < -0.3 is 10.2 Å². The maximum Gasteiger partial charge on any atom is 0.416 e. The lowest BCUT2D eigenvalue weighted by Crippen LogP contribution is -3.20. The minimum absolute atomic E-state index is 0.423. The standard InChI is InChI=1S/C13H17F3N2/c14-13(15,16)12-4-2-1-3-11(12)5-8-18-9-6-17-7-10-18/h1-4,17H,5-10H2/p+2. The molecule has 0 aliphatic carbocycles. The molecular formula is C13H19F3N2+2. The van der Waals surface area contributed by atoms with Gasteiger partial charge in [-0.05, 0) is 11.6 Å². The topological polar surface area (TPSA) is 21.1 Å². The van der Waals surface area contributed by atoms with E-state index in [-0.39, 0.29) is 0 Å². The Morgan fingerprint density at radius 3 is 2.44 bits per heavy atom. The monoisotopic (exact) mass is 260 g/mol. The zero-order valence-corrected chi connectivity index (χ0v) is 10.3. The summed E-state index contributed by atoms with van der Waals surface area (Å²) in [5.74, 6) is 0. The van der Waals surface area contributed by atoms with Gasteiger partial charge in [-0.25, -0.2) is 0 Å². The third-order valence-corrected chi connectivity index (χ3v) is 3.47. The summed E-state index contributed by atoms with van der Waals surface area (Å²) in [5, 5.41) is 2.26. The molecule has 0 spiro atoms. The van der Waals surface area contributed by atoms with E-state index in [0.717, 1.165) is 32.7 Å². The van der Waals surface area contributed by atoms with Crippen molar-refractivity contribution in [3.05, 3.63) is 35.4 Å². The Kier molecular flexibility index (Phi) is 4.24. The SMILES string of the molecule is FC(F)(F)c1ccccc1CC[NH+]1CC[NH2+]CC1. The molecule has 0 unspecified atom stereocenters. The minimum atomic E-state index is -4.23. The van der Waals surface area contributed by atoms with Gasteiger partial charge in [-0.2, -0.15) is 13.2 Å². The maximum absolute atomic E-state index is 12.8. The number of quaternary nitrogens is 2. The first-order chi connectivity index (χ1) is 8.57. The third-order valence-electron chi connectivity index (χ3n) is 3.47. The Morgan fingerprint density at radius 2 is 1.78 bits per heavy atom. The molecule has 1 aliphatic rings. The van der Waals surface area contributed by atoms with E-state index in [1.54, 1.807) is 12.1 Å². The number of halogens is 3. The molecule has 0 bridgehead atoms. The van der Waals surface area contributed by atoms with Crippen LogP contribution in [0.1, 0.15) is 11.1 Å². The second-order valence-corrected chi connectivity index (χ2v) is 4.77. The van der Waals surface area contributed by atoms with Gasteiger partial charge in [0.05, 0.1) is 12.1 Å². The van der Waals surface area contributed by atoms with Crippen LogP contribution in [-0.2, 0) is 12.6 Å². The van der Waals surface area contributed by atoms with Gasteiger partial charge in [0.25, 0.3) is 0 Å². The second kappa shape index (κ2) is 5.71. The van der Waals surface area contributed by atoms with Crippen LogP contribution < -0.4 is 10.2 Å². The van der Waals surface area contributed by atoms with Crippen molar-refractivity contribution in [3.8, 4) is 0 Å². The molecule has 100 valence electrons. The van der Waals surface area contributed by atoms with Gasteiger partial charge >= 0.3 is 6.18 Å². The van der Waals surface area contributed by atoms with Crippen LogP contribution in [0.2, 0.25) is 0 Å². The smallest absolute Gasteiger partial charge is 0.337 e. The molecule has 1 heterocycles. The van der Waals surface area contributed by atoms with E-state index in [4.69, 9.17) is 0 Å². The van der Waals surface area contributed by atoms with E-state index in [2.05, 4.69) is 5.32 Å². The molecule has 0 saturated carbocycles. The van der Waals surface area contributed by atoms with E-state index in [1.807, 2.05) is 0 Å².